The third kappa shape index (κ3) is 2.50. The van der Waals surface area contributed by atoms with Crippen molar-refractivity contribution in [3.8, 4) is 0 Å². The lowest BCUT2D eigenvalue weighted by Gasteiger charge is -2.62. The second-order valence-electron chi connectivity index (χ2n) is 10.5. The van der Waals surface area contributed by atoms with Gasteiger partial charge in [-0.25, -0.2) is 0 Å². The number of nitrogens with zero attached hydrogens (tertiary/aromatic N) is 1. The summed E-state index contributed by atoms with van der Waals surface area (Å²) in [6, 6.07) is 0. The van der Waals surface area contributed by atoms with Crippen LogP contribution in [0.1, 0.15) is 71.6 Å². The molecule has 4 saturated carbocycles. The average Bonchev–Trinajstić information content (AvgIpc) is 2.90. The maximum atomic E-state index is 12.5. The highest BCUT2D eigenvalue weighted by molar-refractivity contribution is 5.87. The van der Waals surface area contributed by atoms with Crippen LogP contribution in [0.15, 0.2) is 5.16 Å². The lowest BCUT2D eigenvalue weighted by molar-refractivity contribution is -0.188. The molecular weight excluding hydrogens is 340 g/mol. The number of carbonyl (C=O) groups is 1. The van der Waals surface area contributed by atoms with Crippen LogP contribution in [0.2, 0.25) is 0 Å². The minimum atomic E-state index is -0.664. The summed E-state index contributed by atoms with van der Waals surface area (Å²) in [6.45, 7) is 6.31. The van der Waals surface area contributed by atoms with Gasteiger partial charge in [-0.15, -0.1) is 0 Å². The first-order chi connectivity index (χ1) is 12.9. The lowest BCUT2D eigenvalue weighted by Crippen LogP contribution is -2.62. The molecule has 5 rings (SSSR count). The quantitative estimate of drug-likeness (QED) is 0.729. The molecule has 0 aromatic carbocycles. The van der Waals surface area contributed by atoms with Crippen LogP contribution >= 0.6 is 0 Å². The molecule has 1 heterocycles. The summed E-state index contributed by atoms with van der Waals surface area (Å²) in [5.74, 6) is 2.18. The van der Waals surface area contributed by atoms with E-state index in [1.807, 2.05) is 0 Å². The Morgan fingerprint density at radius 2 is 1.89 bits per heavy atom. The summed E-state index contributed by atoms with van der Waals surface area (Å²) < 4.78 is 0. The minimum Gasteiger partial charge on any atom is -0.390 e. The number of Topliss-reactive ketones (excluding diaryl/α,β-unsaturated/α-hetero) is 1. The molecule has 2 N–H and O–H groups in total. The van der Waals surface area contributed by atoms with Gasteiger partial charge in [0.25, 0.3) is 0 Å². The number of carbonyl (C=O) groups excluding carboxylic acids is 1. The molecule has 0 amide bonds. The van der Waals surface area contributed by atoms with Crippen LogP contribution < -0.4 is 5.32 Å². The fraction of sp³-hybridized carbons (Fsp3) is 0.909. The van der Waals surface area contributed by atoms with E-state index < -0.39 is 5.60 Å². The van der Waals surface area contributed by atoms with Gasteiger partial charge in [0.2, 0.25) is 0 Å². The first kappa shape index (κ1) is 18.1. The number of fused-ring (bicyclic) bond motifs is 5. The number of hydrogen-bond acceptors (Lipinski definition) is 5. The number of oxime groups is 1. The van der Waals surface area contributed by atoms with Crippen molar-refractivity contribution in [1.29, 1.82) is 0 Å². The highest BCUT2D eigenvalue weighted by Crippen LogP contribution is 2.66. The van der Waals surface area contributed by atoms with Gasteiger partial charge in [-0.3, -0.25) is 4.79 Å². The van der Waals surface area contributed by atoms with E-state index in [1.165, 1.54) is 0 Å². The molecule has 0 spiro atoms. The molecule has 1 aliphatic heterocycles. The monoisotopic (exact) mass is 374 g/mol. The number of rotatable bonds is 2. The summed E-state index contributed by atoms with van der Waals surface area (Å²) >= 11 is 0. The minimum absolute atomic E-state index is 0.0556. The first-order valence-corrected chi connectivity index (χ1v) is 11.0. The van der Waals surface area contributed by atoms with Gasteiger partial charge in [0.05, 0.1) is 11.3 Å². The Kier molecular flexibility index (Phi) is 4.04. The number of hydrogen-bond donors (Lipinski definition) is 2. The van der Waals surface area contributed by atoms with Crippen LogP contribution in [0.5, 0.6) is 0 Å². The average molecular weight is 375 g/mol. The third-order valence-corrected chi connectivity index (χ3v) is 9.42. The zero-order chi connectivity index (χ0) is 18.9. The first-order valence-electron chi connectivity index (χ1n) is 11.0. The molecule has 5 heteroatoms. The highest BCUT2D eigenvalue weighted by atomic mass is 16.6. The Labute approximate surface area is 162 Å². The van der Waals surface area contributed by atoms with E-state index in [1.54, 1.807) is 0 Å². The standard InChI is InChI=1S/C22H34N2O3/c1-20-8-7-18-16(17(20)3-4-19(20)25)6-10-22(26)11-14(5-9-21(18,22)2)24-27-15-12-23-13-15/h15-18,23,26H,3-13H2,1-2H3/b24-14+/t16-,17-,18-,20-,21+,22+/m0/s1. The highest BCUT2D eigenvalue weighted by Gasteiger charge is 2.64. The van der Waals surface area contributed by atoms with E-state index in [-0.39, 0.29) is 16.9 Å². The van der Waals surface area contributed by atoms with E-state index in [9.17, 15) is 9.90 Å². The van der Waals surface area contributed by atoms with Crippen LogP contribution in [0.3, 0.4) is 0 Å². The normalized spacial score (nSPS) is 51.3. The molecule has 27 heavy (non-hydrogen) atoms. The Hall–Kier alpha value is -0.940. The molecular formula is C22H34N2O3. The molecule has 0 bridgehead atoms. The molecule has 5 aliphatic rings. The Balaban J connectivity index is 1.37. The van der Waals surface area contributed by atoms with Gasteiger partial charge < -0.3 is 15.3 Å². The summed E-state index contributed by atoms with van der Waals surface area (Å²) in [7, 11) is 0. The van der Waals surface area contributed by atoms with E-state index in [4.69, 9.17) is 4.84 Å². The smallest absolute Gasteiger partial charge is 0.152 e. The fourth-order valence-electron chi connectivity index (χ4n) is 7.39. The summed E-state index contributed by atoms with van der Waals surface area (Å²) in [4.78, 5) is 18.2. The van der Waals surface area contributed by atoms with Crippen molar-refractivity contribution >= 4 is 11.5 Å². The van der Waals surface area contributed by atoms with Gasteiger partial charge in [-0.2, -0.15) is 0 Å². The Morgan fingerprint density at radius 3 is 2.63 bits per heavy atom. The van der Waals surface area contributed by atoms with Gasteiger partial charge in [-0.05, 0) is 62.7 Å². The van der Waals surface area contributed by atoms with Crippen molar-refractivity contribution in [2.75, 3.05) is 13.1 Å². The molecule has 5 nitrogen and oxygen atoms in total. The Morgan fingerprint density at radius 1 is 1.07 bits per heavy atom. The molecule has 0 radical (unpaired) electrons. The van der Waals surface area contributed by atoms with E-state index in [0.717, 1.165) is 70.2 Å². The molecule has 0 unspecified atom stereocenters. The van der Waals surface area contributed by atoms with Gasteiger partial charge in [-0.1, -0.05) is 19.0 Å². The van der Waals surface area contributed by atoms with Gasteiger partial charge in [0.15, 0.2) is 6.10 Å². The predicted molar refractivity (Wildman–Crippen MR) is 103 cm³/mol. The molecule has 1 saturated heterocycles. The van der Waals surface area contributed by atoms with Gasteiger partial charge in [0, 0.05) is 36.8 Å². The topological polar surface area (TPSA) is 70.9 Å². The number of ketones is 1. The number of nitrogens with one attached hydrogen (secondary N) is 1. The summed E-state index contributed by atoms with van der Waals surface area (Å²) in [5.41, 5.74) is 0.235. The zero-order valence-corrected chi connectivity index (χ0v) is 16.8. The summed E-state index contributed by atoms with van der Waals surface area (Å²) in [5, 5.41) is 19.4. The van der Waals surface area contributed by atoms with Crippen molar-refractivity contribution in [1.82, 2.24) is 5.32 Å². The van der Waals surface area contributed by atoms with Crippen molar-refractivity contribution in [2.45, 2.75) is 83.3 Å². The lowest BCUT2D eigenvalue weighted by atomic mass is 9.43. The molecule has 4 aliphatic carbocycles. The molecule has 0 aromatic rings. The molecule has 150 valence electrons. The molecule has 5 fully saturated rings. The number of aliphatic hydroxyl groups is 1. The van der Waals surface area contributed by atoms with Gasteiger partial charge in [0.1, 0.15) is 5.78 Å². The van der Waals surface area contributed by atoms with E-state index >= 15 is 0 Å². The predicted octanol–water partition coefficient (Wildman–Crippen LogP) is 3.06. The SMILES string of the molecule is C[C@]12CC[C@H]3[C@@H](CC[C@@]4(O)C/C(=N/OC5CNC5)CC[C@]34C)[C@@H]1CCC2=O. The third-order valence-electron chi connectivity index (χ3n) is 9.42. The van der Waals surface area contributed by atoms with Gasteiger partial charge >= 0.3 is 0 Å². The van der Waals surface area contributed by atoms with Crippen molar-refractivity contribution in [3.63, 3.8) is 0 Å². The largest absolute Gasteiger partial charge is 0.390 e. The van der Waals surface area contributed by atoms with Crippen molar-refractivity contribution in [2.24, 2.45) is 33.7 Å². The zero-order valence-electron chi connectivity index (χ0n) is 16.8. The van der Waals surface area contributed by atoms with Crippen LogP contribution in [-0.4, -0.2) is 41.4 Å². The summed E-state index contributed by atoms with van der Waals surface area (Å²) in [6.07, 6.45) is 8.65. The van der Waals surface area contributed by atoms with E-state index in [2.05, 4.69) is 24.3 Å². The molecule has 6 atom stereocenters. The van der Waals surface area contributed by atoms with Crippen molar-refractivity contribution in [3.05, 3.63) is 0 Å². The Bertz CT molecular complexity index is 674. The fourth-order valence-corrected chi connectivity index (χ4v) is 7.39. The second-order valence-corrected chi connectivity index (χ2v) is 10.5. The van der Waals surface area contributed by atoms with Crippen LogP contribution in [0.25, 0.3) is 0 Å². The molecule has 0 aromatic heterocycles. The van der Waals surface area contributed by atoms with Crippen LogP contribution in [0, 0.1) is 28.6 Å². The van der Waals surface area contributed by atoms with Crippen molar-refractivity contribution < 1.29 is 14.7 Å². The van der Waals surface area contributed by atoms with E-state index in [0.29, 0.717) is 30.0 Å². The van der Waals surface area contributed by atoms with Crippen LogP contribution in [-0.2, 0) is 9.63 Å². The maximum Gasteiger partial charge on any atom is 0.152 e. The maximum absolute atomic E-state index is 12.5. The second kappa shape index (κ2) is 6.03. The van der Waals surface area contributed by atoms with Crippen LogP contribution in [0.4, 0.5) is 0 Å².